The molecule has 1 unspecified atom stereocenters. The number of aromatic nitrogens is 3. The van der Waals surface area contributed by atoms with Crippen LogP contribution in [0.4, 0.5) is 4.79 Å². The number of nitrogens with zero attached hydrogens (tertiary/aromatic N) is 3. The highest BCUT2D eigenvalue weighted by Gasteiger charge is 2.37. The number of carbonyl (C=O) groups excluding carboxylic acids is 1. The van der Waals surface area contributed by atoms with E-state index in [1.807, 2.05) is 34.6 Å². The average molecular weight is 571 g/mol. The number of hydrogen-bond donors (Lipinski definition) is 1. The highest BCUT2D eigenvalue weighted by Crippen LogP contribution is 2.38. The summed E-state index contributed by atoms with van der Waals surface area (Å²) in [4.78, 5) is 18.2. The van der Waals surface area contributed by atoms with Crippen LogP contribution < -0.4 is 5.32 Å². The van der Waals surface area contributed by atoms with Gasteiger partial charge in [0.25, 0.3) is 0 Å². The molecule has 0 bridgehead atoms. The number of ether oxygens (including phenoxy) is 2. The molecule has 1 fully saturated rings. The van der Waals surface area contributed by atoms with Gasteiger partial charge in [0.1, 0.15) is 17.2 Å². The second kappa shape index (κ2) is 11.3. The van der Waals surface area contributed by atoms with E-state index in [4.69, 9.17) is 23.4 Å². The first-order valence-electron chi connectivity index (χ1n) is 14.2. The van der Waals surface area contributed by atoms with E-state index in [1.165, 1.54) is 0 Å². The monoisotopic (exact) mass is 570 g/mol. The molecule has 1 aromatic carbocycles. The van der Waals surface area contributed by atoms with Gasteiger partial charge in [0.15, 0.2) is 8.32 Å². The minimum absolute atomic E-state index is 0.0873. The zero-order valence-corrected chi connectivity index (χ0v) is 26.8. The SMILES string of the molecule is Cc1noc(C)c1-c1ccc2c(c1)nc([C@H](CCO[Si](C)(C)C(C)(C)C)NC(=O)OC(C)(C)C)n2C1CCOC1. The summed E-state index contributed by atoms with van der Waals surface area (Å²) in [6.45, 7) is 22.4. The number of fused-ring (bicyclic) bond motifs is 1. The molecule has 4 rings (SSSR count). The predicted molar refractivity (Wildman–Crippen MR) is 159 cm³/mol. The van der Waals surface area contributed by atoms with E-state index in [1.54, 1.807) is 0 Å². The van der Waals surface area contributed by atoms with Crippen molar-refractivity contribution < 1.29 is 23.2 Å². The van der Waals surface area contributed by atoms with E-state index < -0.39 is 26.1 Å². The molecular formula is C30H46N4O5Si. The number of hydrogen-bond acceptors (Lipinski definition) is 7. The van der Waals surface area contributed by atoms with Crippen LogP contribution in [0.25, 0.3) is 22.2 Å². The van der Waals surface area contributed by atoms with Gasteiger partial charge in [0, 0.05) is 18.8 Å². The second-order valence-electron chi connectivity index (χ2n) is 13.4. The molecule has 3 heterocycles. The molecule has 0 saturated carbocycles. The maximum absolute atomic E-state index is 13.0. The Morgan fingerprint density at radius 1 is 1.20 bits per heavy atom. The molecule has 220 valence electrons. The van der Waals surface area contributed by atoms with Crippen molar-refractivity contribution in [2.45, 2.75) is 104 Å². The summed E-state index contributed by atoms with van der Waals surface area (Å²) >= 11 is 0. The number of amides is 1. The van der Waals surface area contributed by atoms with Gasteiger partial charge in [0.05, 0.1) is 35.4 Å². The smallest absolute Gasteiger partial charge is 0.408 e. The molecule has 9 nitrogen and oxygen atoms in total. The Kier molecular flexibility index (Phi) is 8.55. The standard InChI is InChI=1S/C30H46N4O5Si/c1-19-26(20(2)39-33-19)21-11-12-25-24(17-21)31-27(34(25)22-13-15-36-18-22)23(32-28(35)38-29(3,4)5)14-16-37-40(9,10)30(6,7)8/h11-12,17,22-23H,13-16,18H2,1-10H3,(H,32,35)/t22?,23-/m0/s1. The normalized spacial score (nSPS) is 17.4. The van der Waals surface area contributed by atoms with Crippen LogP contribution in [0.1, 0.15) is 83.7 Å². The first kappa shape index (κ1) is 30.3. The predicted octanol–water partition coefficient (Wildman–Crippen LogP) is 7.25. The Morgan fingerprint density at radius 3 is 2.50 bits per heavy atom. The molecule has 1 aliphatic heterocycles. The first-order valence-corrected chi connectivity index (χ1v) is 17.1. The quantitative estimate of drug-likeness (QED) is 0.285. The number of nitrogens with one attached hydrogen (secondary N) is 1. The van der Waals surface area contributed by atoms with Gasteiger partial charge in [0.2, 0.25) is 0 Å². The van der Waals surface area contributed by atoms with Gasteiger partial charge in [-0.25, -0.2) is 9.78 Å². The van der Waals surface area contributed by atoms with Gasteiger partial charge in [-0.2, -0.15) is 0 Å². The molecule has 1 saturated heterocycles. The van der Waals surface area contributed by atoms with E-state index in [0.717, 1.165) is 45.9 Å². The molecule has 0 spiro atoms. The molecule has 1 aliphatic rings. The van der Waals surface area contributed by atoms with Crippen molar-refractivity contribution >= 4 is 25.4 Å². The van der Waals surface area contributed by atoms with Crippen molar-refractivity contribution in [3.63, 3.8) is 0 Å². The number of carbonyl (C=O) groups is 1. The van der Waals surface area contributed by atoms with Crippen LogP contribution in [0.15, 0.2) is 22.7 Å². The fourth-order valence-corrected chi connectivity index (χ4v) is 5.95. The maximum atomic E-state index is 13.0. The van der Waals surface area contributed by atoms with Crippen molar-refractivity contribution in [3.8, 4) is 11.1 Å². The number of benzene rings is 1. The summed E-state index contributed by atoms with van der Waals surface area (Å²) in [5.74, 6) is 1.55. The third-order valence-electron chi connectivity index (χ3n) is 7.99. The molecule has 1 N–H and O–H groups in total. The Balaban J connectivity index is 1.76. The largest absolute Gasteiger partial charge is 0.444 e. The zero-order chi connectivity index (χ0) is 29.5. The summed E-state index contributed by atoms with van der Waals surface area (Å²) in [5.41, 5.74) is 4.06. The lowest BCUT2D eigenvalue weighted by Crippen LogP contribution is -2.42. The second-order valence-corrected chi connectivity index (χ2v) is 18.2. The molecule has 10 heteroatoms. The van der Waals surface area contributed by atoms with Crippen LogP contribution in [-0.4, -0.2) is 54.5 Å². The van der Waals surface area contributed by atoms with E-state index >= 15 is 0 Å². The Morgan fingerprint density at radius 2 is 1.93 bits per heavy atom. The van der Waals surface area contributed by atoms with Crippen LogP contribution >= 0.6 is 0 Å². The van der Waals surface area contributed by atoms with Crippen molar-refractivity contribution in [2.75, 3.05) is 19.8 Å². The summed E-state index contributed by atoms with van der Waals surface area (Å²) in [6, 6.07) is 5.98. The first-order chi connectivity index (χ1) is 18.6. The third kappa shape index (κ3) is 6.61. The van der Waals surface area contributed by atoms with Gasteiger partial charge in [-0.15, -0.1) is 0 Å². The van der Waals surface area contributed by atoms with Gasteiger partial charge in [-0.1, -0.05) is 32.0 Å². The fourth-order valence-electron chi connectivity index (χ4n) is 4.89. The number of alkyl carbamates (subject to hydrolysis) is 1. The Labute approximate surface area is 239 Å². The molecule has 3 aromatic rings. The van der Waals surface area contributed by atoms with E-state index in [0.29, 0.717) is 26.2 Å². The van der Waals surface area contributed by atoms with Crippen LogP contribution in [0.5, 0.6) is 0 Å². The highest BCUT2D eigenvalue weighted by atomic mass is 28.4. The van der Waals surface area contributed by atoms with Gasteiger partial charge >= 0.3 is 6.09 Å². The molecule has 0 radical (unpaired) electrons. The minimum Gasteiger partial charge on any atom is -0.444 e. The molecule has 0 aliphatic carbocycles. The Bertz CT molecular complexity index is 1320. The van der Waals surface area contributed by atoms with Crippen molar-refractivity contribution in [1.29, 1.82) is 0 Å². The van der Waals surface area contributed by atoms with Gasteiger partial charge < -0.3 is 28.3 Å². The number of rotatable bonds is 8. The zero-order valence-electron chi connectivity index (χ0n) is 25.8. The van der Waals surface area contributed by atoms with E-state index in [9.17, 15) is 4.79 Å². The summed E-state index contributed by atoms with van der Waals surface area (Å²) in [6.07, 6.45) is 0.978. The van der Waals surface area contributed by atoms with Crippen molar-refractivity contribution in [1.82, 2.24) is 20.0 Å². The van der Waals surface area contributed by atoms with Crippen LogP contribution in [0.2, 0.25) is 18.1 Å². The minimum atomic E-state index is -1.98. The summed E-state index contributed by atoms with van der Waals surface area (Å²) in [5, 5.41) is 7.34. The summed E-state index contributed by atoms with van der Waals surface area (Å²) < 4.78 is 25.7. The third-order valence-corrected chi connectivity index (χ3v) is 12.5. The molecular weight excluding hydrogens is 524 g/mol. The lowest BCUT2D eigenvalue weighted by molar-refractivity contribution is 0.0492. The van der Waals surface area contributed by atoms with Crippen molar-refractivity contribution in [3.05, 3.63) is 35.5 Å². The molecule has 40 heavy (non-hydrogen) atoms. The average Bonchev–Trinajstić information content (AvgIpc) is 3.54. The van der Waals surface area contributed by atoms with E-state index in [2.05, 4.69) is 67.1 Å². The lowest BCUT2D eigenvalue weighted by atomic mass is 10.0. The van der Waals surface area contributed by atoms with Crippen molar-refractivity contribution in [2.24, 2.45) is 0 Å². The lowest BCUT2D eigenvalue weighted by Gasteiger charge is -2.36. The summed E-state index contributed by atoms with van der Waals surface area (Å²) in [7, 11) is -1.98. The fraction of sp³-hybridized carbons (Fsp3) is 0.633. The molecule has 2 atom stereocenters. The number of imidazole rings is 1. The van der Waals surface area contributed by atoms with Crippen LogP contribution in [0, 0.1) is 13.8 Å². The highest BCUT2D eigenvalue weighted by molar-refractivity contribution is 6.74. The van der Waals surface area contributed by atoms with Gasteiger partial charge in [-0.3, -0.25) is 0 Å². The Hall–Kier alpha value is -2.69. The molecule has 1 amide bonds. The van der Waals surface area contributed by atoms with Gasteiger partial charge in [-0.05, 0) is 83.3 Å². The van der Waals surface area contributed by atoms with E-state index in [-0.39, 0.29) is 11.1 Å². The maximum Gasteiger partial charge on any atom is 0.408 e. The van der Waals surface area contributed by atoms with Crippen LogP contribution in [-0.2, 0) is 13.9 Å². The van der Waals surface area contributed by atoms with Crippen LogP contribution in [0.3, 0.4) is 0 Å². The molecule has 2 aromatic heterocycles. The number of aryl methyl sites for hydroxylation is 2. The topological polar surface area (TPSA) is 101 Å².